The third-order valence-electron chi connectivity index (χ3n) is 2.53. The Hall–Kier alpha value is -2.24. The molecule has 0 saturated carbocycles. The second-order valence-electron chi connectivity index (χ2n) is 3.85. The van der Waals surface area contributed by atoms with Crippen molar-refractivity contribution in [3.05, 3.63) is 23.8 Å². The molecule has 0 aliphatic rings. The lowest BCUT2D eigenvalue weighted by molar-refractivity contribution is -0.138. The normalized spacial score (nSPS) is 9.79. The van der Waals surface area contributed by atoms with Crippen LogP contribution in [0, 0.1) is 0 Å². The zero-order valence-corrected chi connectivity index (χ0v) is 10.9. The highest BCUT2D eigenvalue weighted by molar-refractivity contribution is 5.80. The van der Waals surface area contributed by atoms with Crippen LogP contribution in [0.3, 0.4) is 0 Å². The molecule has 0 unspecified atom stereocenters. The number of hydrogen-bond donors (Lipinski definition) is 2. The summed E-state index contributed by atoms with van der Waals surface area (Å²) in [7, 11) is 3.09. The van der Waals surface area contributed by atoms with Crippen molar-refractivity contribution in [1.29, 1.82) is 0 Å². The average Bonchev–Trinajstić information content (AvgIpc) is 2.42. The van der Waals surface area contributed by atoms with Crippen LogP contribution in [-0.4, -0.2) is 31.2 Å². The van der Waals surface area contributed by atoms with E-state index in [0.717, 1.165) is 5.56 Å². The van der Waals surface area contributed by atoms with Gasteiger partial charge in [0, 0.05) is 18.5 Å². The van der Waals surface area contributed by atoms with Gasteiger partial charge in [0.1, 0.15) is 11.5 Å². The molecular weight excluding hydrogens is 250 g/mol. The molecule has 19 heavy (non-hydrogen) atoms. The van der Waals surface area contributed by atoms with Gasteiger partial charge in [0.05, 0.1) is 20.6 Å². The Kier molecular flexibility index (Phi) is 5.66. The summed E-state index contributed by atoms with van der Waals surface area (Å²) in [5.74, 6) is -0.00342. The van der Waals surface area contributed by atoms with Crippen LogP contribution in [0.1, 0.15) is 18.4 Å². The maximum atomic E-state index is 11.4. The number of carbonyl (C=O) groups is 2. The standard InChI is InChI=1S/C13H17NO5/c1-18-10-3-4-11(19-2)9(7-10)8-14-12(15)5-6-13(16)17/h3-4,7H,5-6,8H2,1-2H3,(H,14,15)(H,16,17). The lowest BCUT2D eigenvalue weighted by atomic mass is 10.2. The first-order chi connectivity index (χ1) is 9.06. The molecule has 0 saturated heterocycles. The second-order valence-corrected chi connectivity index (χ2v) is 3.85. The summed E-state index contributed by atoms with van der Waals surface area (Å²) >= 11 is 0. The maximum Gasteiger partial charge on any atom is 0.303 e. The summed E-state index contributed by atoms with van der Waals surface area (Å²) in [5, 5.41) is 11.1. The van der Waals surface area contributed by atoms with Crippen molar-refractivity contribution in [2.45, 2.75) is 19.4 Å². The fourth-order valence-corrected chi connectivity index (χ4v) is 1.52. The quantitative estimate of drug-likeness (QED) is 0.775. The molecule has 1 amide bonds. The first kappa shape index (κ1) is 14.8. The average molecular weight is 267 g/mol. The lowest BCUT2D eigenvalue weighted by Crippen LogP contribution is -2.23. The van der Waals surface area contributed by atoms with Crippen LogP contribution < -0.4 is 14.8 Å². The number of amides is 1. The van der Waals surface area contributed by atoms with E-state index < -0.39 is 5.97 Å². The molecule has 0 bridgehead atoms. The van der Waals surface area contributed by atoms with Crippen LogP contribution >= 0.6 is 0 Å². The molecule has 6 nitrogen and oxygen atoms in total. The Morgan fingerprint density at radius 3 is 2.53 bits per heavy atom. The Morgan fingerprint density at radius 1 is 1.21 bits per heavy atom. The zero-order chi connectivity index (χ0) is 14.3. The fraction of sp³-hybridized carbons (Fsp3) is 0.385. The lowest BCUT2D eigenvalue weighted by Gasteiger charge is -2.11. The van der Waals surface area contributed by atoms with Gasteiger partial charge in [0.2, 0.25) is 5.91 Å². The van der Waals surface area contributed by atoms with Gasteiger partial charge in [-0.25, -0.2) is 0 Å². The van der Waals surface area contributed by atoms with Gasteiger partial charge in [-0.15, -0.1) is 0 Å². The first-order valence-electron chi connectivity index (χ1n) is 5.76. The smallest absolute Gasteiger partial charge is 0.303 e. The number of rotatable bonds is 7. The molecule has 0 fully saturated rings. The van der Waals surface area contributed by atoms with Crippen LogP contribution in [-0.2, 0) is 16.1 Å². The van der Waals surface area contributed by atoms with Gasteiger partial charge in [0.25, 0.3) is 0 Å². The highest BCUT2D eigenvalue weighted by Crippen LogP contribution is 2.23. The van der Waals surface area contributed by atoms with Gasteiger partial charge in [-0.3, -0.25) is 9.59 Å². The van der Waals surface area contributed by atoms with E-state index in [1.807, 2.05) is 0 Å². The number of nitrogens with one attached hydrogen (secondary N) is 1. The van der Waals surface area contributed by atoms with Gasteiger partial charge in [-0.1, -0.05) is 0 Å². The predicted octanol–water partition coefficient (Wildman–Crippen LogP) is 1.18. The zero-order valence-electron chi connectivity index (χ0n) is 10.9. The van der Waals surface area contributed by atoms with E-state index in [-0.39, 0.29) is 25.3 Å². The van der Waals surface area contributed by atoms with E-state index in [4.69, 9.17) is 14.6 Å². The summed E-state index contributed by atoms with van der Waals surface area (Å²) < 4.78 is 10.3. The molecule has 0 aromatic heterocycles. The van der Waals surface area contributed by atoms with Crippen LogP contribution in [0.15, 0.2) is 18.2 Å². The molecule has 2 N–H and O–H groups in total. The highest BCUT2D eigenvalue weighted by Gasteiger charge is 2.08. The number of carbonyl (C=O) groups excluding carboxylic acids is 1. The van der Waals surface area contributed by atoms with Crippen molar-refractivity contribution in [3.8, 4) is 11.5 Å². The fourth-order valence-electron chi connectivity index (χ4n) is 1.52. The molecular formula is C13H17NO5. The highest BCUT2D eigenvalue weighted by atomic mass is 16.5. The summed E-state index contributed by atoms with van der Waals surface area (Å²) in [4.78, 5) is 21.8. The van der Waals surface area contributed by atoms with Crippen LogP contribution in [0.5, 0.6) is 11.5 Å². The molecule has 0 radical (unpaired) electrons. The SMILES string of the molecule is COc1ccc(OC)c(CNC(=O)CCC(=O)O)c1. The Bertz CT molecular complexity index is 458. The van der Waals surface area contributed by atoms with Gasteiger partial charge >= 0.3 is 5.97 Å². The van der Waals surface area contributed by atoms with Crippen molar-refractivity contribution in [2.24, 2.45) is 0 Å². The molecule has 1 rings (SSSR count). The number of hydrogen-bond acceptors (Lipinski definition) is 4. The Labute approximate surface area is 111 Å². The van der Waals surface area contributed by atoms with Crippen LogP contribution in [0.25, 0.3) is 0 Å². The molecule has 104 valence electrons. The number of carboxylic acids is 1. The van der Waals surface area contributed by atoms with Crippen molar-refractivity contribution < 1.29 is 24.2 Å². The molecule has 6 heteroatoms. The van der Waals surface area contributed by atoms with Gasteiger partial charge < -0.3 is 19.9 Å². The van der Waals surface area contributed by atoms with Crippen LogP contribution in [0.2, 0.25) is 0 Å². The van der Waals surface area contributed by atoms with E-state index in [2.05, 4.69) is 5.32 Å². The number of methoxy groups -OCH3 is 2. The minimum absolute atomic E-state index is 0.0401. The second kappa shape index (κ2) is 7.25. The molecule has 0 aliphatic heterocycles. The first-order valence-corrected chi connectivity index (χ1v) is 5.76. The minimum atomic E-state index is -0.992. The van der Waals surface area contributed by atoms with Crippen LogP contribution in [0.4, 0.5) is 0 Å². The van der Waals surface area contributed by atoms with E-state index >= 15 is 0 Å². The molecule has 0 aliphatic carbocycles. The number of carboxylic acid groups (broad SMARTS) is 1. The number of ether oxygens (including phenoxy) is 2. The van der Waals surface area contributed by atoms with Gasteiger partial charge in [0.15, 0.2) is 0 Å². The maximum absolute atomic E-state index is 11.4. The van der Waals surface area contributed by atoms with E-state index in [1.54, 1.807) is 25.3 Å². The van der Waals surface area contributed by atoms with E-state index in [1.165, 1.54) is 7.11 Å². The molecule has 0 spiro atoms. The van der Waals surface area contributed by atoms with Gasteiger partial charge in [-0.05, 0) is 18.2 Å². The number of benzene rings is 1. The van der Waals surface area contributed by atoms with Gasteiger partial charge in [-0.2, -0.15) is 0 Å². The summed E-state index contributed by atoms with van der Waals surface area (Å²) in [6, 6.07) is 5.27. The van der Waals surface area contributed by atoms with Crippen molar-refractivity contribution in [2.75, 3.05) is 14.2 Å². The molecule has 1 aromatic rings. The molecule has 1 aromatic carbocycles. The predicted molar refractivity (Wildman–Crippen MR) is 68.3 cm³/mol. The van der Waals surface area contributed by atoms with E-state index in [9.17, 15) is 9.59 Å². The molecule has 0 heterocycles. The van der Waals surface area contributed by atoms with E-state index in [0.29, 0.717) is 11.5 Å². The molecule has 0 atom stereocenters. The monoisotopic (exact) mass is 267 g/mol. The summed E-state index contributed by atoms with van der Waals surface area (Å²) in [6.07, 6.45) is -0.220. The van der Waals surface area contributed by atoms with Crippen molar-refractivity contribution in [1.82, 2.24) is 5.32 Å². The topological polar surface area (TPSA) is 84.9 Å². The van der Waals surface area contributed by atoms with Crippen molar-refractivity contribution in [3.63, 3.8) is 0 Å². The third-order valence-corrected chi connectivity index (χ3v) is 2.53. The minimum Gasteiger partial charge on any atom is -0.497 e. The number of aliphatic carboxylic acids is 1. The summed E-state index contributed by atoms with van der Waals surface area (Å²) in [6.45, 7) is 0.263. The largest absolute Gasteiger partial charge is 0.497 e. The third kappa shape index (κ3) is 4.87. The van der Waals surface area contributed by atoms with Crippen molar-refractivity contribution >= 4 is 11.9 Å². The summed E-state index contributed by atoms with van der Waals surface area (Å²) in [5.41, 5.74) is 0.769. The Morgan fingerprint density at radius 2 is 1.95 bits per heavy atom. The Balaban J connectivity index is 2.60.